The molecule has 1 aromatic carbocycles. The van der Waals surface area contributed by atoms with Crippen molar-refractivity contribution in [3.63, 3.8) is 0 Å². The van der Waals surface area contributed by atoms with Crippen LogP contribution in [0.1, 0.15) is 18.4 Å². The van der Waals surface area contributed by atoms with Gasteiger partial charge in [0.1, 0.15) is 5.75 Å². The van der Waals surface area contributed by atoms with Crippen LogP contribution in [0.2, 0.25) is 0 Å². The predicted octanol–water partition coefficient (Wildman–Crippen LogP) is 1.58. The molecule has 4 heteroatoms. The molecule has 19 heavy (non-hydrogen) atoms. The van der Waals surface area contributed by atoms with Gasteiger partial charge in [-0.05, 0) is 43.2 Å². The molecule has 2 rings (SSSR count). The van der Waals surface area contributed by atoms with Crippen LogP contribution in [0.3, 0.4) is 0 Å². The van der Waals surface area contributed by atoms with Crippen LogP contribution < -0.4 is 15.4 Å². The first-order valence-electron chi connectivity index (χ1n) is 6.61. The van der Waals surface area contributed by atoms with Crippen LogP contribution >= 0.6 is 0 Å². The molecule has 0 aliphatic carbocycles. The minimum atomic E-state index is -0.0514. The fraction of sp³-hybridized carbons (Fsp3) is 0.400. The van der Waals surface area contributed by atoms with Crippen LogP contribution in [0.15, 0.2) is 30.3 Å². The number of carbonyl (C=O) groups is 1. The lowest BCUT2D eigenvalue weighted by molar-refractivity contribution is -0.116. The lowest BCUT2D eigenvalue weighted by Crippen LogP contribution is -2.36. The highest BCUT2D eigenvalue weighted by Gasteiger charge is 2.13. The first kappa shape index (κ1) is 13.6. The Balaban J connectivity index is 1.78. The van der Waals surface area contributed by atoms with Gasteiger partial charge in [0.2, 0.25) is 5.91 Å². The highest BCUT2D eigenvalue weighted by molar-refractivity contribution is 5.91. The van der Waals surface area contributed by atoms with Crippen molar-refractivity contribution in [1.82, 2.24) is 10.6 Å². The smallest absolute Gasteiger partial charge is 0.244 e. The average Bonchev–Trinajstić information content (AvgIpc) is 2.96. The zero-order valence-corrected chi connectivity index (χ0v) is 11.2. The number of rotatable bonds is 5. The minimum absolute atomic E-state index is 0.0514. The molecule has 102 valence electrons. The number of ether oxygens (including phenoxy) is 1. The molecule has 1 aliphatic rings. The molecular formula is C15H20N2O2. The largest absolute Gasteiger partial charge is 0.497 e. The zero-order valence-electron chi connectivity index (χ0n) is 11.2. The first-order valence-corrected chi connectivity index (χ1v) is 6.61. The van der Waals surface area contributed by atoms with Gasteiger partial charge in [0.25, 0.3) is 0 Å². The summed E-state index contributed by atoms with van der Waals surface area (Å²) in [5.74, 6) is 0.762. The molecule has 4 nitrogen and oxygen atoms in total. The number of benzene rings is 1. The maximum absolute atomic E-state index is 11.6. The van der Waals surface area contributed by atoms with Gasteiger partial charge in [-0.3, -0.25) is 4.79 Å². The summed E-state index contributed by atoms with van der Waals surface area (Å²) in [6, 6.07) is 8.01. The second-order valence-electron chi connectivity index (χ2n) is 4.64. The number of amides is 1. The van der Waals surface area contributed by atoms with Gasteiger partial charge < -0.3 is 15.4 Å². The van der Waals surface area contributed by atoms with Gasteiger partial charge in [0, 0.05) is 18.7 Å². The lowest BCUT2D eigenvalue weighted by atomic mass is 10.2. The Labute approximate surface area is 113 Å². The number of nitrogens with one attached hydrogen (secondary N) is 2. The average molecular weight is 260 g/mol. The van der Waals surface area contributed by atoms with Crippen LogP contribution in [-0.4, -0.2) is 32.1 Å². The molecule has 1 heterocycles. The Morgan fingerprint density at radius 1 is 1.47 bits per heavy atom. The molecule has 0 saturated carbocycles. The standard InChI is InChI=1S/C15H20N2O2/c1-19-14-7-4-12(5-8-14)6-9-15(18)17-11-13-3-2-10-16-13/h4-9,13,16H,2-3,10-11H2,1H3,(H,17,18). The third-order valence-electron chi connectivity index (χ3n) is 3.23. The summed E-state index contributed by atoms with van der Waals surface area (Å²) < 4.78 is 5.08. The van der Waals surface area contributed by atoms with Crippen LogP contribution in [0.5, 0.6) is 5.75 Å². The highest BCUT2D eigenvalue weighted by Crippen LogP contribution is 2.12. The Kier molecular flexibility index (Phi) is 4.98. The van der Waals surface area contributed by atoms with E-state index in [2.05, 4.69) is 10.6 Å². The van der Waals surface area contributed by atoms with Crippen LogP contribution in [-0.2, 0) is 4.79 Å². The normalized spacial score (nSPS) is 18.7. The second kappa shape index (κ2) is 6.95. The molecule has 0 spiro atoms. The fourth-order valence-electron chi connectivity index (χ4n) is 2.10. The summed E-state index contributed by atoms with van der Waals surface area (Å²) in [6.45, 7) is 1.76. The molecule has 1 aromatic rings. The molecular weight excluding hydrogens is 240 g/mol. The van der Waals surface area contributed by atoms with Crippen LogP contribution in [0.25, 0.3) is 6.08 Å². The van der Waals surface area contributed by atoms with E-state index in [0.717, 1.165) is 24.3 Å². The van der Waals surface area contributed by atoms with Crippen molar-refractivity contribution in [2.24, 2.45) is 0 Å². The van der Waals surface area contributed by atoms with Crippen molar-refractivity contribution in [3.05, 3.63) is 35.9 Å². The fourth-order valence-corrected chi connectivity index (χ4v) is 2.10. The molecule has 0 bridgehead atoms. The minimum Gasteiger partial charge on any atom is -0.497 e. The number of methoxy groups -OCH3 is 1. The maximum Gasteiger partial charge on any atom is 0.244 e. The van der Waals surface area contributed by atoms with Gasteiger partial charge in [-0.1, -0.05) is 12.1 Å². The van der Waals surface area contributed by atoms with E-state index >= 15 is 0 Å². The van der Waals surface area contributed by atoms with E-state index in [1.807, 2.05) is 24.3 Å². The van der Waals surface area contributed by atoms with E-state index in [9.17, 15) is 4.79 Å². The molecule has 1 unspecified atom stereocenters. The van der Waals surface area contributed by atoms with Gasteiger partial charge in [0.05, 0.1) is 7.11 Å². The van der Waals surface area contributed by atoms with Crippen LogP contribution in [0, 0.1) is 0 Å². The van der Waals surface area contributed by atoms with E-state index < -0.39 is 0 Å². The summed E-state index contributed by atoms with van der Waals surface area (Å²) in [6.07, 6.45) is 5.71. The lowest BCUT2D eigenvalue weighted by Gasteiger charge is -2.09. The van der Waals surface area contributed by atoms with Gasteiger partial charge >= 0.3 is 0 Å². The third-order valence-corrected chi connectivity index (χ3v) is 3.23. The number of hydrogen-bond acceptors (Lipinski definition) is 3. The molecule has 1 amide bonds. The number of hydrogen-bond donors (Lipinski definition) is 2. The van der Waals surface area contributed by atoms with E-state index in [-0.39, 0.29) is 5.91 Å². The molecule has 2 N–H and O–H groups in total. The Morgan fingerprint density at radius 3 is 2.89 bits per heavy atom. The van der Waals surface area contributed by atoms with Gasteiger partial charge in [-0.15, -0.1) is 0 Å². The first-order chi connectivity index (χ1) is 9.28. The SMILES string of the molecule is COc1ccc(C=CC(=O)NCC2CCCN2)cc1. The van der Waals surface area contributed by atoms with Crippen molar-refractivity contribution >= 4 is 12.0 Å². The van der Waals surface area contributed by atoms with Crippen molar-refractivity contribution in [3.8, 4) is 5.75 Å². The highest BCUT2D eigenvalue weighted by atomic mass is 16.5. The van der Waals surface area contributed by atoms with Crippen molar-refractivity contribution in [2.45, 2.75) is 18.9 Å². The predicted molar refractivity (Wildman–Crippen MR) is 76.1 cm³/mol. The third kappa shape index (κ3) is 4.41. The summed E-state index contributed by atoms with van der Waals surface area (Å²) >= 11 is 0. The molecule has 0 aromatic heterocycles. The van der Waals surface area contributed by atoms with Crippen LogP contribution in [0.4, 0.5) is 0 Å². The summed E-state index contributed by atoms with van der Waals surface area (Å²) in [5.41, 5.74) is 0.981. The molecule has 1 atom stereocenters. The van der Waals surface area contributed by atoms with E-state index in [1.165, 1.54) is 6.42 Å². The topological polar surface area (TPSA) is 50.4 Å². The van der Waals surface area contributed by atoms with Gasteiger partial charge in [-0.25, -0.2) is 0 Å². The summed E-state index contributed by atoms with van der Waals surface area (Å²) in [5, 5.41) is 6.25. The zero-order chi connectivity index (χ0) is 13.5. The van der Waals surface area contributed by atoms with Gasteiger partial charge in [-0.2, -0.15) is 0 Å². The van der Waals surface area contributed by atoms with E-state index in [0.29, 0.717) is 12.6 Å². The van der Waals surface area contributed by atoms with Crippen molar-refractivity contribution in [2.75, 3.05) is 20.2 Å². The Hall–Kier alpha value is -1.81. The van der Waals surface area contributed by atoms with E-state index in [4.69, 9.17) is 4.74 Å². The molecule has 1 saturated heterocycles. The number of carbonyl (C=O) groups excluding carboxylic acids is 1. The Bertz CT molecular complexity index is 434. The van der Waals surface area contributed by atoms with E-state index in [1.54, 1.807) is 19.3 Å². The summed E-state index contributed by atoms with van der Waals surface area (Å²) in [7, 11) is 1.63. The van der Waals surface area contributed by atoms with Gasteiger partial charge in [0.15, 0.2) is 0 Å². The quantitative estimate of drug-likeness (QED) is 0.790. The molecule has 1 aliphatic heterocycles. The Morgan fingerprint density at radius 2 is 2.26 bits per heavy atom. The van der Waals surface area contributed by atoms with Crippen molar-refractivity contribution in [1.29, 1.82) is 0 Å². The second-order valence-corrected chi connectivity index (χ2v) is 4.64. The maximum atomic E-state index is 11.6. The molecule has 0 radical (unpaired) electrons. The monoisotopic (exact) mass is 260 g/mol. The molecule has 1 fully saturated rings. The van der Waals surface area contributed by atoms with Crippen molar-refractivity contribution < 1.29 is 9.53 Å². The summed E-state index contributed by atoms with van der Waals surface area (Å²) in [4.78, 5) is 11.6.